The molecule has 2 aliphatic rings. The fraction of sp³-hybridized carbons (Fsp3) is 0.429. The predicted molar refractivity (Wildman–Crippen MR) is 106 cm³/mol. The van der Waals surface area contributed by atoms with Gasteiger partial charge in [0.2, 0.25) is 0 Å². The van der Waals surface area contributed by atoms with E-state index in [9.17, 15) is 4.79 Å². The molecule has 1 aromatic heterocycles. The second kappa shape index (κ2) is 8.28. The van der Waals surface area contributed by atoms with E-state index in [0.717, 1.165) is 31.6 Å². The monoisotopic (exact) mass is 385 g/mol. The van der Waals surface area contributed by atoms with E-state index < -0.39 is 0 Å². The summed E-state index contributed by atoms with van der Waals surface area (Å²) in [6.45, 7) is 3.34. The molecule has 2 aliphatic heterocycles. The largest absolute Gasteiger partial charge is 0.378 e. The van der Waals surface area contributed by atoms with Gasteiger partial charge in [0.15, 0.2) is 0 Å². The van der Waals surface area contributed by atoms with Gasteiger partial charge in [-0.2, -0.15) is 0 Å². The second-order valence-electron chi connectivity index (χ2n) is 7.11. The van der Waals surface area contributed by atoms with Gasteiger partial charge in [0.05, 0.1) is 23.8 Å². The van der Waals surface area contributed by atoms with Gasteiger partial charge in [0.1, 0.15) is 5.82 Å². The zero-order valence-corrected chi connectivity index (χ0v) is 16.1. The van der Waals surface area contributed by atoms with E-state index in [1.807, 2.05) is 6.07 Å². The Hall–Kier alpha value is -2.11. The Morgan fingerprint density at radius 1 is 1.19 bits per heavy atom. The van der Waals surface area contributed by atoms with Gasteiger partial charge in [-0.15, -0.1) is 0 Å². The van der Waals surface area contributed by atoms with Crippen LogP contribution in [0, 0.1) is 0 Å². The van der Waals surface area contributed by atoms with Crippen LogP contribution in [-0.4, -0.2) is 54.7 Å². The number of carbonyl (C=O) groups excluding carboxylic acids is 1. The lowest BCUT2D eigenvalue weighted by Gasteiger charge is -2.28. The van der Waals surface area contributed by atoms with Crippen molar-refractivity contribution in [2.45, 2.75) is 25.3 Å². The second-order valence-corrected chi connectivity index (χ2v) is 7.52. The van der Waals surface area contributed by atoms with Crippen molar-refractivity contribution in [2.75, 3.05) is 37.7 Å². The molecule has 0 bridgehead atoms. The number of benzene rings is 1. The molecule has 1 atom stereocenters. The van der Waals surface area contributed by atoms with Crippen LogP contribution < -0.4 is 4.90 Å². The molecule has 1 amide bonds. The quantitative estimate of drug-likeness (QED) is 0.809. The molecule has 0 radical (unpaired) electrons. The number of hydrogen-bond donors (Lipinski definition) is 0. The molecule has 0 spiro atoms. The highest BCUT2D eigenvalue weighted by atomic mass is 35.5. The lowest BCUT2D eigenvalue weighted by atomic mass is 10.0. The van der Waals surface area contributed by atoms with Crippen molar-refractivity contribution in [1.29, 1.82) is 0 Å². The van der Waals surface area contributed by atoms with Crippen LogP contribution in [-0.2, 0) is 11.2 Å². The molecule has 0 N–H and O–H groups in total. The van der Waals surface area contributed by atoms with Crippen LogP contribution in [0.3, 0.4) is 0 Å². The van der Waals surface area contributed by atoms with Crippen LogP contribution in [0.2, 0.25) is 5.02 Å². The number of morpholine rings is 1. The summed E-state index contributed by atoms with van der Waals surface area (Å²) in [5, 5.41) is 0.550. The highest BCUT2D eigenvalue weighted by molar-refractivity contribution is 6.33. The number of halogens is 1. The summed E-state index contributed by atoms with van der Waals surface area (Å²) in [5.41, 5.74) is 1.87. The van der Waals surface area contributed by atoms with E-state index in [4.69, 9.17) is 16.3 Å². The maximum atomic E-state index is 12.6. The third-order valence-electron chi connectivity index (χ3n) is 5.33. The first-order valence-electron chi connectivity index (χ1n) is 9.55. The van der Waals surface area contributed by atoms with E-state index >= 15 is 0 Å². The normalized spacial score (nSPS) is 20.1. The molecule has 1 aromatic carbocycles. The fourth-order valence-electron chi connectivity index (χ4n) is 3.92. The first kappa shape index (κ1) is 18.3. The lowest BCUT2D eigenvalue weighted by Crippen LogP contribution is -2.40. The summed E-state index contributed by atoms with van der Waals surface area (Å²) in [4.78, 5) is 21.3. The number of pyridine rings is 1. The van der Waals surface area contributed by atoms with Crippen molar-refractivity contribution in [2.24, 2.45) is 0 Å². The molecular weight excluding hydrogens is 362 g/mol. The average Bonchev–Trinajstić information content (AvgIpc) is 3.16. The van der Waals surface area contributed by atoms with Crippen LogP contribution in [0.25, 0.3) is 0 Å². The third kappa shape index (κ3) is 4.09. The van der Waals surface area contributed by atoms with Crippen molar-refractivity contribution < 1.29 is 9.53 Å². The summed E-state index contributed by atoms with van der Waals surface area (Å²) < 4.78 is 5.31. The fourth-order valence-corrected chi connectivity index (χ4v) is 4.20. The maximum absolute atomic E-state index is 12.6. The van der Waals surface area contributed by atoms with Gasteiger partial charge < -0.3 is 14.5 Å². The Kier molecular flexibility index (Phi) is 5.60. The number of rotatable bonds is 4. The average molecular weight is 386 g/mol. The number of hydrogen-bond acceptors (Lipinski definition) is 4. The van der Waals surface area contributed by atoms with Crippen LogP contribution in [0.4, 0.5) is 5.82 Å². The van der Waals surface area contributed by atoms with Crippen molar-refractivity contribution in [3.8, 4) is 0 Å². The Morgan fingerprint density at radius 3 is 2.70 bits per heavy atom. The van der Waals surface area contributed by atoms with Crippen LogP contribution in [0.15, 0.2) is 42.6 Å². The first-order chi connectivity index (χ1) is 13.2. The van der Waals surface area contributed by atoms with E-state index in [0.29, 0.717) is 42.9 Å². The van der Waals surface area contributed by atoms with E-state index in [-0.39, 0.29) is 5.91 Å². The Bertz CT molecular complexity index is 793. The SMILES string of the molecule is O=C(c1cnc(N2CCCC2Cc2ccccc2)c(Cl)c1)N1CCOCC1. The Morgan fingerprint density at radius 2 is 1.96 bits per heavy atom. The number of carbonyl (C=O) groups is 1. The van der Waals surface area contributed by atoms with Crippen molar-refractivity contribution in [3.63, 3.8) is 0 Å². The lowest BCUT2D eigenvalue weighted by molar-refractivity contribution is 0.0302. The highest BCUT2D eigenvalue weighted by Gasteiger charge is 2.28. The smallest absolute Gasteiger partial charge is 0.255 e. The van der Waals surface area contributed by atoms with Gasteiger partial charge in [-0.1, -0.05) is 41.9 Å². The van der Waals surface area contributed by atoms with Crippen molar-refractivity contribution in [1.82, 2.24) is 9.88 Å². The van der Waals surface area contributed by atoms with Crippen LogP contribution in [0.5, 0.6) is 0 Å². The molecule has 1 unspecified atom stereocenters. The summed E-state index contributed by atoms with van der Waals surface area (Å²) in [5.74, 6) is 0.759. The van der Waals surface area contributed by atoms with Crippen molar-refractivity contribution >= 4 is 23.3 Å². The van der Waals surface area contributed by atoms with Gasteiger partial charge in [-0.3, -0.25) is 4.79 Å². The first-order valence-corrected chi connectivity index (χ1v) is 9.93. The van der Waals surface area contributed by atoms with Gasteiger partial charge in [0.25, 0.3) is 5.91 Å². The minimum absolute atomic E-state index is 0.0264. The minimum Gasteiger partial charge on any atom is -0.378 e. The van der Waals surface area contributed by atoms with E-state index in [1.165, 1.54) is 5.56 Å². The van der Waals surface area contributed by atoms with Crippen LogP contribution >= 0.6 is 11.6 Å². The Labute approximate surface area is 164 Å². The molecule has 5 nitrogen and oxygen atoms in total. The zero-order chi connectivity index (χ0) is 18.6. The highest BCUT2D eigenvalue weighted by Crippen LogP contribution is 2.32. The molecule has 0 saturated carbocycles. The molecule has 0 aliphatic carbocycles. The predicted octanol–water partition coefficient (Wildman–Crippen LogP) is 3.42. The van der Waals surface area contributed by atoms with E-state index in [1.54, 1.807) is 17.2 Å². The standard InChI is InChI=1S/C21H24ClN3O2/c22-19-14-17(21(26)24-9-11-27-12-10-24)15-23-20(19)25-8-4-7-18(25)13-16-5-2-1-3-6-16/h1-3,5-6,14-15,18H,4,7-13H2. The van der Waals surface area contributed by atoms with Gasteiger partial charge in [-0.25, -0.2) is 4.98 Å². The molecule has 142 valence electrons. The molecule has 6 heteroatoms. The molecule has 2 saturated heterocycles. The minimum atomic E-state index is -0.0264. The number of amides is 1. The zero-order valence-electron chi connectivity index (χ0n) is 15.3. The number of anilines is 1. The Balaban J connectivity index is 1.50. The van der Waals surface area contributed by atoms with Crippen molar-refractivity contribution in [3.05, 3.63) is 58.7 Å². The van der Waals surface area contributed by atoms with Crippen LogP contribution in [0.1, 0.15) is 28.8 Å². The molecule has 2 aromatic rings. The number of ether oxygens (including phenoxy) is 1. The topological polar surface area (TPSA) is 45.7 Å². The summed E-state index contributed by atoms with van der Waals surface area (Å²) in [6, 6.07) is 12.7. The molecule has 2 fully saturated rings. The molecule has 27 heavy (non-hydrogen) atoms. The molecule has 3 heterocycles. The summed E-state index contributed by atoms with van der Waals surface area (Å²) in [6.07, 6.45) is 4.90. The number of aromatic nitrogens is 1. The third-order valence-corrected chi connectivity index (χ3v) is 5.61. The van der Waals surface area contributed by atoms with Gasteiger partial charge in [0, 0.05) is 31.9 Å². The van der Waals surface area contributed by atoms with Gasteiger partial charge >= 0.3 is 0 Å². The van der Waals surface area contributed by atoms with Gasteiger partial charge in [-0.05, 0) is 30.9 Å². The molecular formula is C21H24ClN3O2. The van der Waals surface area contributed by atoms with E-state index in [2.05, 4.69) is 34.1 Å². The summed E-state index contributed by atoms with van der Waals surface area (Å²) in [7, 11) is 0. The summed E-state index contributed by atoms with van der Waals surface area (Å²) >= 11 is 6.56. The maximum Gasteiger partial charge on any atom is 0.255 e. The number of nitrogens with zero attached hydrogens (tertiary/aromatic N) is 3. The molecule has 4 rings (SSSR count).